The van der Waals surface area contributed by atoms with Gasteiger partial charge in [0.05, 0.1) is 0 Å². The van der Waals surface area contributed by atoms with E-state index >= 15 is 0 Å². The van der Waals surface area contributed by atoms with Crippen molar-refractivity contribution in [2.24, 2.45) is 0 Å². The van der Waals surface area contributed by atoms with Crippen molar-refractivity contribution in [3.63, 3.8) is 0 Å². The minimum absolute atomic E-state index is 0.305. The number of ether oxygens (including phenoxy) is 1. The average Bonchev–Trinajstić information content (AvgIpc) is 2.33. The Morgan fingerprint density at radius 1 is 1.53 bits per heavy atom. The van der Waals surface area contributed by atoms with Crippen LogP contribution in [0.2, 0.25) is 0 Å². The molecule has 1 aromatic rings. The summed E-state index contributed by atoms with van der Waals surface area (Å²) in [7, 11) is 0. The van der Waals surface area contributed by atoms with Crippen LogP contribution in [0.15, 0.2) is 22.7 Å². The van der Waals surface area contributed by atoms with Crippen molar-refractivity contribution in [1.29, 1.82) is 0 Å². The molecule has 0 amide bonds. The third-order valence-electron chi connectivity index (χ3n) is 2.13. The Morgan fingerprint density at radius 3 is 3.06 bits per heavy atom. The Morgan fingerprint density at radius 2 is 2.35 bits per heavy atom. The molecule has 1 rings (SSSR count). The molecular formula is C13H16BrNOS. The molecule has 0 heterocycles. The molecule has 0 radical (unpaired) electrons. The number of nitrogens with one attached hydrogen (secondary N) is 1. The van der Waals surface area contributed by atoms with E-state index < -0.39 is 0 Å². The van der Waals surface area contributed by atoms with E-state index in [0.29, 0.717) is 6.61 Å². The van der Waals surface area contributed by atoms with Gasteiger partial charge < -0.3 is 10.1 Å². The van der Waals surface area contributed by atoms with Crippen molar-refractivity contribution in [2.75, 3.05) is 25.2 Å². The molecule has 4 heteroatoms. The second kappa shape index (κ2) is 8.46. The summed E-state index contributed by atoms with van der Waals surface area (Å²) in [5.41, 5.74) is 1.12. The third kappa shape index (κ3) is 5.49. The number of hydrogen-bond donors (Lipinski definition) is 1. The summed E-state index contributed by atoms with van der Waals surface area (Å²) in [5, 5.41) is 3.37. The molecule has 92 valence electrons. The summed E-state index contributed by atoms with van der Waals surface area (Å²) in [6.45, 7) is 2.08. The molecule has 0 fully saturated rings. The summed E-state index contributed by atoms with van der Waals surface area (Å²) >= 11 is 5.29. The van der Waals surface area contributed by atoms with Crippen molar-refractivity contribution in [3.05, 3.63) is 28.2 Å². The van der Waals surface area contributed by atoms with E-state index in [-0.39, 0.29) is 0 Å². The minimum Gasteiger partial charge on any atom is -0.481 e. The number of rotatable bonds is 7. The summed E-state index contributed by atoms with van der Waals surface area (Å²) < 4.78 is 6.54. The highest BCUT2D eigenvalue weighted by Crippen LogP contribution is 2.23. The number of benzene rings is 1. The highest BCUT2D eigenvalue weighted by molar-refractivity contribution is 9.10. The summed E-state index contributed by atoms with van der Waals surface area (Å²) in [5.74, 6) is 4.43. The molecule has 0 aliphatic carbocycles. The van der Waals surface area contributed by atoms with E-state index in [0.717, 1.165) is 34.6 Å². The summed E-state index contributed by atoms with van der Waals surface area (Å²) in [6.07, 6.45) is 7.29. The number of thioether (sulfide) groups is 1. The van der Waals surface area contributed by atoms with Crippen LogP contribution in [0.1, 0.15) is 5.56 Å². The first kappa shape index (κ1) is 14.4. The first-order valence-electron chi connectivity index (χ1n) is 5.32. The van der Waals surface area contributed by atoms with Crippen LogP contribution in [0.5, 0.6) is 5.75 Å². The zero-order chi connectivity index (χ0) is 12.5. The molecule has 0 aromatic heterocycles. The van der Waals surface area contributed by atoms with Crippen LogP contribution in [0, 0.1) is 12.3 Å². The molecule has 1 aromatic carbocycles. The van der Waals surface area contributed by atoms with Crippen molar-refractivity contribution in [2.45, 2.75) is 6.54 Å². The maximum absolute atomic E-state index is 5.50. The van der Waals surface area contributed by atoms with Gasteiger partial charge in [0.1, 0.15) is 12.4 Å². The second-order valence-corrected chi connectivity index (χ2v) is 5.32. The predicted molar refractivity (Wildman–Crippen MR) is 78.6 cm³/mol. The zero-order valence-electron chi connectivity index (χ0n) is 9.83. The summed E-state index contributed by atoms with van der Waals surface area (Å²) in [4.78, 5) is 0. The molecule has 0 spiro atoms. The van der Waals surface area contributed by atoms with Crippen molar-refractivity contribution < 1.29 is 4.74 Å². The summed E-state index contributed by atoms with van der Waals surface area (Å²) in [6, 6.07) is 5.95. The van der Waals surface area contributed by atoms with Crippen LogP contribution in [0.25, 0.3) is 0 Å². The van der Waals surface area contributed by atoms with Gasteiger partial charge in [0.2, 0.25) is 0 Å². The third-order valence-corrected chi connectivity index (χ3v) is 3.24. The Bertz CT molecular complexity index is 389. The molecular weight excluding hydrogens is 298 g/mol. The van der Waals surface area contributed by atoms with Crippen molar-refractivity contribution >= 4 is 27.7 Å². The van der Waals surface area contributed by atoms with E-state index in [1.807, 2.05) is 23.9 Å². The van der Waals surface area contributed by atoms with Crippen molar-refractivity contribution in [3.8, 4) is 18.1 Å². The molecule has 0 saturated carbocycles. The van der Waals surface area contributed by atoms with Crippen molar-refractivity contribution in [1.82, 2.24) is 5.32 Å². The molecule has 2 nitrogen and oxygen atoms in total. The lowest BCUT2D eigenvalue weighted by Gasteiger charge is -2.11. The highest BCUT2D eigenvalue weighted by atomic mass is 79.9. The van der Waals surface area contributed by atoms with E-state index in [9.17, 15) is 0 Å². The monoisotopic (exact) mass is 313 g/mol. The first-order chi connectivity index (χ1) is 8.27. The standard InChI is InChI=1S/C13H16BrNOS/c1-3-7-16-13-5-4-12(14)9-11(13)10-15-6-8-17-2/h1,4-5,9,15H,6-8,10H2,2H3. The van der Waals surface area contributed by atoms with E-state index in [1.54, 1.807) is 0 Å². The normalized spacial score (nSPS) is 9.94. The van der Waals surface area contributed by atoms with Gasteiger partial charge in [0, 0.05) is 28.9 Å². The molecule has 17 heavy (non-hydrogen) atoms. The van der Waals surface area contributed by atoms with Gasteiger partial charge in [-0.25, -0.2) is 0 Å². The van der Waals surface area contributed by atoms with Crippen LogP contribution in [-0.4, -0.2) is 25.2 Å². The molecule has 0 aliphatic rings. The smallest absolute Gasteiger partial charge is 0.148 e. The minimum atomic E-state index is 0.305. The molecule has 0 bridgehead atoms. The lowest BCUT2D eigenvalue weighted by atomic mass is 10.2. The van der Waals surface area contributed by atoms with E-state index in [2.05, 4.69) is 39.5 Å². The van der Waals surface area contributed by atoms with Gasteiger partial charge >= 0.3 is 0 Å². The van der Waals surface area contributed by atoms with Gasteiger partial charge in [-0.05, 0) is 24.5 Å². The van der Waals surface area contributed by atoms with Gasteiger partial charge in [-0.15, -0.1) is 6.42 Å². The average molecular weight is 314 g/mol. The molecule has 0 saturated heterocycles. The van der Waals surface area contributed by atoms with Gasteiger partial charge in [0.25, 0.3) is 0 Å². The maximum atomic E-state index is 5.50. The lowest BCUT2D eigenvalue weighted by Crippen LogP contribution is -2.17. The fourth-order valence-electron chi connectivity index (χ4n) is 1.34. The number of halogens is 1. The molecule has 1 N–H and O–H groups in total. The number of terminal acetylenes is 1. The fraction of sp³-hybridized carbons (Fsp3) is 0.385. The van der Waals surface area contributed by atoms with Crippen LogP contribution in [-0.2, 0) is 6.54 Å². The molecule has 0 atom stereocenters. The topological polar surface area (TPSA) is 21.3 Å². The quantitative estimate of drug-likeness (QED) is 0.618. The zero-order valence-corrected chi connectivity index (χ0v) is 12.2. The van der Waals surface area contributed by atoms with E-state index in [1.165, 1.54) is 0 Å². The lowest BCUT2D eigenvalue weighted by molar-refractivity contribution is 0.365. The fourth-order valence-corrected chi connectivity index (χ4v) is 2.10. The van der Waals surface area contributed by atoms with Crippen LogP contribution >= 0.6 is 27.7 Å². The number of hydrogen-bond acceptors (Lipinski definition) is 3. The van der Waals surface area contributed by atoms with Gasteiger partial charge in [0.15, 0.2) is 0 Å². The Hall–Kier alpha value is -0.630. The van der Waals surface area contributed by atoms with Gasteiger partial charge in [-0.2, -0.15) is 11.8 Å². The predicted octanol–water partition coefficient (Wildman–Crippen LogP) is 2.91. The Labute approximate surface area is 116 Å². The van der Waals surface area contributed by atoms with Crippen LogP contribution in [0.4, 0.5) is 0 Å². The Kier molecular flexibility index (Phi) is 7.18. The van der Waals surface area contributed by atoms with Gasteiger partial charge in [-0.1, -0.05) is 21.9 Å². The second-order valence-electron chi connectivity index (χ2n) is 3.41. The molecule has 0 unspecified atom stereocenters. The highest BCUT2D eigenvalue weighted by Gasteiger charge is 2.03. The molecule has 0 aliphatic heterocycles. The maximum Gasteiger partial charge on any atom is 0.148 e. The first-order valence-corrected chi connectivity index (χ1v) is 7.51. The largest absolute Gasteiger partial charge is 0.481 e. The van der Waals surface area contributed by atoms with Crippen LogP contribution in [0.3, 0.4) is 0 Å². The SMILES string of the molecule is C#CCOc1ccc(Br)cc1CNCCSC. The van der Waals surface area contributed by atoms with Gasteiger partial charge in [-0.3, -0.25) is 0 Å². The Balaban J connectivity index is 2.60. The van der Waals surface area contributed by atoms with E-state index in [4.69, 9.17) is 11.2 Å². The van der Waals surface area contributed by atoms with Crippen LogP contribution < -0.4 is 10.1 Å².